The normalized spacial score (nSPS) is 25.5. The molecular formula is C18H26FN5O. The van der Waals surface area contributed by atoms with Crippen molar-refractivity contribution in [2.24, 2.45) is 5.92 Å². The Morgan fingerprint density at radius 2 is 2.04 bits per heavy atom. The van der Waals surface area contributed by atoms with Gasteiger partial charge in [0, 0.05) is 63.1 Å². The molecule has 3 aliphatic rings. The fraction of sp³-hybridized carbons (Fsp3) is 0.722. The number of piperidine rings is 1. The zero-order valence-electron chi connectivity index (χ0n) is 14.8. The minimum absolute atomic E-state index is 0.102. The fourth-order valence-corrected chi connectivity index (χ4v) is 4.39. The topological polar surface area (TPSA) is 52.6 Å². The van der Waals surface area contributed by atoms with Gasteiger partial charge < -0.3 is 14.7 Å². The Labute approximate surface area is 148 Å². The molecule has 0 aromatic carbocycles. The van der Waals surface area contributed by atoms with E-state index in [1.807, 2.05) is 4.90 Å². The highest BCUT2D eigenvalue weighted by Gasteiger charge is 2.36. The molecule has 1 amide bonds. The molecule has 6 nitrogen and oxygen atoms in total. The van der Waals surface area contributed by atoms with Gasteiger partial charge in [0.25, 0.3) is 0 Å². The molecule has 0 radical (unpaired) electrons. The number of amides is 1. The van der Waals surface area contributed by atoms with Crippen LogP contribution < -0.4 is 4.90 Å². The summed E-state index contributed by atoms with van der Waals surface area (Å²) in [6, 6.07) is 0.251. The molecule has 1 atom stereocenters. The lowest BCUT2D eigenvalue weighted by atomic mass is 10.0. The first-order chi connectivity index (χ1) is 12.2. The molecule has 1 unspecified atom stereocenters. The molecule has 0 aliphatic carbocycles. The van der Waals surface area contributed by atoms with Gasteiger partial charge in [0.2, 0.25) is 5.91 Å². The van der Waals surface area contributed by atoms with Crippen molar-refractivity contribution in [3.05, 3.63) is 17.6 Å². The summed E-state index contributed by atoms with van der Waals surface area (Å²) in [4.78, 5) is 27.7. The Bertz CT molecular complexity index is 646. The third-order valence-electron chi connectivity index (χ3n) is 5.83. The Morgan fingerprint density at radius 3 is 2.76 bits per heavy atom. The van der Waals surface area contributed by atoms with Crippen molar-refractivity contribution in [3.63, 3.8) is 0 Å². The maximum Gasteiger partial charge on any atom is 0.223 e. The number of hydrogen-bond donors (Lipinski definition) is 0. The van der Waals surface area contributed by atoms with Gasteiger partial charge in [-0.05, 0) is 19.9 Å². The van der Waals surface area contributed by atoms with Crippen molar-refractivity contribution in [2.75, 3.05) is 44.8 Å². The summed E-state index contributed by atoms with van der Waals surface area (Å²) < 4.78 is 12.9. The Kier molecular flexibility index (Phi) is 4.58. The second-order valence-corrected chi connectivity index (χ2v) is 7.60. The maximum absolute atomic E-state index is 12.9. The van der Waals surface area contributed by atoms with Gasteiger partial charge in [-0.1, -0.05) is 0 Å². The van der Waals surface area contributed by atoms with Gasteiger partial charge in [0.1, 0.15) is 12.1 Å². The van der Waals surface area contributed by atoms with Gasteiger partial charge in [-0.2, -0.15) is 0 Å². The maximum atomic E-state index is 12.9. The molecule has 4 rings (SSSR count). The molecule has 25 heavy (non-hydrogen) atoms. The zero-order valence-corrected chi connectivity index (χ0v) is 14.8. The molecule has 0 spiro atoms. The standard InChI is InChI=1S/C18H26FN5O/c1-22-5-4-16-15(11-22)18(21-12-20-16)23-6-2-14(3-7-23)24-10-13(9-19)8-17(24)25/h12-14H,2-11H2,1H3. The summed E-state index contributed by atoms with van der Waals surface area (Å²) >= 11 is 0. The summed E-state index contributed by atoms with van der Waals surface area (Å²) in [6.45, 7) is 3.92. The van der Waals surface area contributed by atoms with E-state index in [0.717, 1.165) is 51.3 Å². The second-order valence-electron chi connectivity index (χ2n) is 7.60. The van der Waals surface area contributed by atoms with Gasteiger partial charge in [-0.15, -0.1) is 0 Å². The molecule has 7 heteroatoms. The number of fused-ring (bicyclic) bond motifs is 1. The number of alkyl halides is 1. The van der Waals surface area contributed by atoms with Gasteiger partial charge in [-0.25, -0.2) is 9.97 Å². The predicted molar refractivity (Wildman–Crippen MR) is 93.1 cm³/mol. The number of aromatic nitrogens is 2. The van der Waals surface area contributed by atoms with Crippen molar-refractivity contribution in [1.82, 2.24) is 19.8 Å². The van der Waals surface area contributed by atoms with Gasteiger partial charge in [0.05, 0.1) is 12.4 Å². The van der Waals surface area contributed by atoms with E-state index in [1.54, 1.807) is 6.33 Å². The van der Waals surface area contributed by atoms with Crippen LogP contribution in [0.15, 0.2) is 6.33 Å². The third-order valence-corrected chi connectivity index (χ3v) is 5.83. The van der Waals surface area contributed by atoms with Crippen molar-refractivity contribution in [2.45, 2.75) is 38.3 Å². The van der Waals surface area contributed by atoms with E-state index in [0.29, 0.717) is 13.0 Å². The first-order valence-electron chi connectivity index (χ1n) is 9.27. The smallest absolute Gasteiger partial charge is 0.223 e. The average Bonchev–Trinajstić information content (AvgIpc) is 3.02. The molecule has 136 valence electrons. The van der Waals surface area contributed by atoms with Crippen LogP contribution in [0.25, 0.3) is 0 Å². The quantitative estimate of drug-likeness (QED) is 0.824. The number of hydrogen-bond acceptors (Lipinski definition) is 5. The highest BCUT2D eigenvalue weighted by Crippen LogP contribution is 2.30. The van der Waals surface area contributed by atoms with E-state index in [1.165, 1.54) is 11.3 Å². The summed E-state index contributed by atoms with van der Waals surface area (Å²) in [7, 11) is 2.13. The van der Waals surface area contributed by atoms with Crippen LogP contribution >= 0.6 is 0 Å². The summed E-state index contributed by atoms with van der Waals surface area (Å²) in [5, 5.41) is 0. The molecule has 0 saturated carbocycles. The SMILES string of the molecule is CN1CCc2ncnc(N3CCC(N4CC(CF)CC4=O)CC3)c2C1. The first kappa shape index (κ1) is 16.7. The monoisotopic (exact) mass is 347 g/mol. The minimum Gasteiger partial charge on any atom is -0.356 e. The van der Waals surface area contributed by atoms with E-state index in [-0.39, 0.29) is 24.5 Å². The lowest BCUT2D eigenvalue weighted by molar-refractivity contribution is -0.130. The summed E-state index contributed by atoms with van der Waals surface area (Å²) in [5.74, 6) is 1.08. The van der Waals surface area contributed by atoms with Gasteiger partial charge in [-0.3, -0.25) is 9.18 Å². The number of likely N-dealkylation sites (tertiary alicyclic amines) is 1. The van der Waals surface area contributed by atoms with Crippen LogP contribution in [0.2, 0.25) is 0 Å². The lowest BCUT2D eigenvalue weighted by Gasteiger charge is -2.38. The molecule has 2 fully saturated rings. The number of likely N-dealkylation sites (N-methyl/N-ethyl adjacent to an activating group) is 1. The van der Waals surface area contributed by atoms with Crippen LogP contribution in [0, 0.1) is 5.92 Å². The molecule has 3 aliphatic heterocycles. The van der Waals surface area contributed by atoms with Gasteiger partial charge >= 0.3 is 0 Å². The van der Waals surface area contributed by atoms with E-state index < -0.39 is 0 Å². The van der Waals surface area contributed by atoms with Crippen LogP contribution in [0.1, 0.15) is 30.5 Å². The molecule has 1 aromatic heterocycles. The molecule has 2 saturated heterocycles. The van der Waals surface area contributed by atoms with Crippen molar-refractivity contribution >= 4 is 11.7 Å². The summed E-state index contributed by atoms with van der Waals surface area (Å²) in [6.07, 6.45) is 4.90. The van der Waals surface area contributed by atoms with E-state index in [9.17, 15) is 9.18 Å². The number of halogens is 1. The first-order valence-corrected chi connectivity index (χ1v) is 9.27. The van der Waals surface area contributed by atoms with Gasteiger partial charge in [0.15, 0.2) is 0 Å². The molecule has 0 bridgehead atoms. The third kappa shape index (κ3) is 3.21. The van der Waals surface area contributed by atoms with Crippen LogP contribution in [0.3, 0.4) is 0 Å². The number of nitrogens with zero attached hydrogens (tertiary/aromatic N) is 5. The van der Waals surface area contributed by atoms with Crippen LogP contribution in [0.4, 0.5) is 10.2 Å². The zero-order chi connectivity index (χ0) is 17.4. The predicted octanol–water partition coefficient (Wildman–Crippen LogP) is 1.25. The number of anilines is 1. The van der Waals surface area contributed by atoms with Crippen LogP contribution in [-0.4, -0.2) is 71.6 Å². The number of carbonyl (C=O) groups excluding carboxylic acids is 1. The molecule has 4 heterocycles. The second kappa shape index (κ2) is 6.86. The van der Waals surface area contributed by atoms with E-state index in [4.69, 9.17) is 0 Å². The largest absolute Gasteiger partial charge is 0.356 e. The molecule has 1 aromatic rings. The highest BCUT2D eigenvalue weighted by atomic mass is 19.1. The minimum atomic E-state index is -0.387. The number of carbonyl (C=O) groups is 1. The molecule has 0 N–H and O–H groups in total. The average molecular weight is 347 g/mol. The highest BCUT2D eigenvalue weighted by molar-refractivity contribution is 5.79. The number of rotatable bonds is 3. The van der Waals surface area contributed by atoms with Crippen LogP contribution in [0.5, 0.6) is 0 Å². The van der Waals surface area contributed by atoms with Crippen molar-refractivity contribution in [1.29, 1.82) is 0 Å². The summed E-state index contributed by atoms with van der Waals surface area (Å²) in [5.41, 5.74) is 2.43. The molecular weight excluding hydrogens is 321 g/mol. The van der Waals surface area contributed by atoms with Crippen LogP contribution in [-0.2, 0) is 17.8 Å². The fourth-order valence-electron chi connectivity index (χ4n) is 4.39. The van der Waals surface area contributed by atoms with Crippen molar-refractivity contribution < 1.29 is 9.18 Å². The van der Waals surface area contributed by atoms with E-state index >= 15 is 0 Å². The lowest BCUT2D eigenvalue weighted by Crippen LogP contribution is -2.46. The Hall–Kier alpha value is -1.76. The Balaban J connectivity index is 1.44. The Morgan fingerprint density at radius 1 is 1.24 bits per heavy atom. The van der Waals surface area contributed by atoms with Crippen molar-refractivity contribution in [3.8, 4) is 0 Å². The van der Waals surface area contributed by atoms with E-state index in [2.05, 4.69) is 26.8 Å².